The van der Waals surface area contributed by atoms with Crippen LogP contribution in [0.5, 0.6) is 0 Å². The highest BCUT2D eigenvalue weighted by atomic mass is 79.9. The smallest absolute Gasteiger partial charge is 0.265 e. The maximum absolute atomic E-state index is 12.8. The standard InChI is InChI=1S/C20H18BrNO3S2.2C2H6/c1-2-16(25-12-14-5-7-15(21)8-6-14)10-18-20(23)22(19(26)13-27-18)11-17-4-3-9-24-17;2*1-2/h2-10H,11-13H2,1H3;2*1-2H3/b16-2-,18-10+;;. The minimum atomic E-state index is -0.126. The molecular formula is C24H30BrNO3S2. The Hall–Kier alpha value is -1.83. The van der Waals surface area contributed by atoms with E-state index in [1.165, 1.54) is 11.8 Å². The van der Waals surface area contributed by atoms with E-state index in [9.17, 15) is 4.79 Å². The zero-order valence-corrected chi connectivity index (χ0v) is 21.9. The van der Waals surface area contributed by atoms with Crippen molar-refractivity contribution in [2.75, 3.05) is 5.75 Å². The molecule has 31 heavy (non-hydrogen) atoms. The Morgan fingerprint density at radius 1 is 1.23 bits per heavy atom. The van der Waals surface area contributed by atoms with Gasteiger partial charge in [0.25, 0.3) is 5.91 Å². The molecule has 0 atom stereocenters. The predicted octanol–water partition coefficient (Wildman–Crippen LogP) is 7.50. The van der Waals surface area contributed by atoms with Gasteiger partial charge in [0, 0.05) is 10.2 Å². The molecule has 1 saturated heterocycles. The first-order valence-electron chi connectivity index (χ1n) is 10.3. The summed E-state index contributed by atoms with van der Waals surface area (Å²) in [7, 11) is 0. The molecule has 3 rings (SSSR count). The van der Waals surface area contributed by atoms with Crippen LogP contribution >= 0.6 is 39.9 Å². The van der Waals surface area contributed by atoms with Gasteiger partial charge in [-0.25, -0.2) is 0 Å². The Bertz CT molecular complexity index is 875. The molecule has 4 nitrogen and oxygen atoms in total. The van der Waals surface area contributed by atoms with Crippen LogP contribution in [0, 0.1) is 0 Å². The number of thiocarbonyl (C=S) groups is 1. The highest BCUT2D eigenvalue weighted by molar-refractivity contribution is 9.10. The van der Waals surface area contributed by atoms with Gasteiger partial charge in [-0.15, -0.1) is 11.8 Å². The van der Waals surface area contributed by atoms with Crippen molar-refractivity contribution in [3.05, 3.63) is 81.3 Å². The third-order valence-electron chi connectivity index (χ3n) is 3.88. The number of carbonyl (C=O) groups excluding carboxylic acids is 1. The summed E-state index contributed by atoms with van der Waals surface area (Å²) in [6.07, 6.45) is 5.22. The van der Waals surface area contributed by atoms with E-state index in [1.54, 1.807) is 23.3 Å². The van der Waals surface area contributed by atoms with Gasteiger partial charge in [0.15, 0.2) is 0 Å². The molecule has 1 aromatic heterocycles. The number of rotatable bonds is 6. The summed E-state index contributed by atoms with van der Waals surface area (Å²) in [6, 6.07) is 11.6. The van der Waals surface area contributed by atoms with E-state index in [0.29, 0.717) is 40.3 Å². The zero-order valence-electron chi connectivity index (χ0n) is 18.7. The maximum atomic E-state index is 12.8. The van der Waals surface area contributed by atoms with Crippen molar-refractivity contribution in [3.8, 4) is 0 Å². The molecule has 2 heterocycles. The first-order chi connectivity index (χ1) is 15.1. The number of benzene rings is 1. The van der Waals surface area contributed by atoms with Gasteiger partial charge in [-0.3, -0.25) is 9.69 Å². The van der Waals surface area contributed by atoms with Crippen LogP contribution in [0.25, 0.3) is 0 Å². The third-order valence-corrected chi connectivity index (χ3v) is 5.98. The van der Waals surface area contributed by atoms with Crippen LogP contribution in [0.1, 0.15) is 45.9 Å². The maximum Gasteiger partial charge on any atom is 0.265 e. The second kappa shape index (κ2) is 15.1. The molecule has 0 N–H and O–H groups in total. The average Bonchev–Trinajstić information content (AvgIpc) is 3.33. The average molecular weight is 525 g/mol. The summed E-state index contributed by atoms with van der Waals surface area (Å²) < 4.78 is 12.2. The number of nitrogens with zero attached hydrogens (tertiary/aromatic N) is 1. The normalized spacial score (nSPS) is 15.1. The Morgan fingerprint density at radius 2 is 1.90 bits per heavy atom. The van der Waals surface area contributed by atoms with Crippen LogP contribution in [-0.2, 0) is 22.7 Å². The molecule has 0 bridgehead atoms. The van der Waals surface area contributed by atoms with Crippen molar-refractivity contribution < 1.29 is 13.9 Å². The molecule has 0 radical (unpaired) electrons. The Balaban J connectivity index is 0.00000113. The minimum Gasteiger partial charge on any atom is -0.489 e. The van der Waals surface area contributed by atoms with E-state index >= 15 is 0 Å². The van der Waals surface area contributed by atoms with Gasteiger partial charge in [-0.2, -0.15) is 0 Å². The lowest BCUT2D eigenvalue weighted by Gasteiger charge is -2.28. The van der Waals surface area contributed by atoms with Gasteiger partial charge in [0.2, 0.25) is 0 Å². The van der Waals surface area contributed by atoms with Crippen LogP contribution in [0.4, 0.5) is 0 Å². The summed E-state index contributed by atoms with van der Waals surface area (Å²) in [5, 5.41) is 0. The Kier molecular flexibility index (Phi) is 13.2. The fourth-order valence-corrected chi connectivity index (χ4v) is 3.89. The van der Waals surface area contributed by atoms with Crippen LogP contribution in [0.2, 0.25) is 0 Å². The molecule has 1 amide bonds. The molecule has 1 aliphatic rings. The predicted molar refractivity (Wildman–Crippen MR) is 138 cm³/mol. The lowest BCUT2D eigenvalue weighted by Crippen LogP contribution is -2.40. The molecule has 1 aromatic carbocycles. The molecule has 0 aliphatic carbocycles. The molecule has 2 aromatic rings. The van der Waals surface area contributed by atoms with Crippen molar-refractivity contribution >= 4 is 50.8 Å². The number of halogens is 1. The highest BCUT2D eigenvalue weighted by Gasteiger charge is 2.29. The molecule has 1 fully saturated rings. The second-order valence-electron chi connectivity index (χ2n) is 5.77. The van der Waals surface area contributed by atoms with E-state index in [1.807, 2.05) is 71.0 Å². The number of ether oxygens (including phenoxy) is 1. The molecule has 0 spiro atoms. The van der Waals surface area contributed by atoms with Crippen LogP contribution in [-0.4, -0.2) is 21.5 Å². The van der Waals surface area contributed by atoms with Crippen molar-refractivity contribution in [2.45, 2.75) is 47.8 Å². The van der Waals surface area contributed by atoms with Crippen LogP contribution in [0.15, 0.2) is 74.4 Å². The monoisotopic (exact) mass is 523 g/mol. The number of amides is 1. The molecule has 168 valence electrons. The Labute approximate surface area is 203 Å². The van der Waals surface area contributed by atoms with E-state index in [4.69, 9.17) is 21.4 Å². The van der Waals surface area contributed by atoms with E-state index in [0.717, 1.165) is 10.0 Å². The summed E-state index contributed by atoms with van der Waals surface area (Å²) >= 11 is 10.2. The SMILES string of the molecule is C/C=C(/C=C1/SCC(=S)N(Cc2ccco2)C1=O)OCc1ccc(Br)cc1.CC.CC. The lowest BCUT2D eigenvalue weighted by molar-refractivity contribution is -0.123. The number of hydrogen-bond acceptors (Lipinski definition) is 5. The van der Waals surface area contributed by atoms with Crippen molar-refractivity contribution in [1.29, 1.82) is 0 Å². The Morgan fingerprint density at radius 3 is 2.48 bits per heavy atom. The zero-order chi connectivity index (χ0) is 23.2. The largest absolute Gasteiger partial charge is 0.489 e. The van der Waals surface area contributed by atoms with Gasteiger partial charge in [-0.1, -0.05) is 68.0 Å². The van der Waals surface area contributed by atoms with Gasteiger partial charge < -0.3 is 9.15 Å². The molecule has 0 unspecified atom stereocenters. The molecular weight excluding hydrogens is 494 g/mol. The quantitative estimate of drug-likeness (QED) is 0.222. The lowest BCUT2D eigenvalue weighted by atomic mass is 10.2. The summed E-state index contributed by atoms with van der Waals surface area (Å²) in [5.41, 5.74) is 1.05. The number of furan rings is 1. The number of allylic oxidation sites excluding steroid dienone is 2. The third kappa shape index (κ3) is 8.67. The van der Waals surface area contributed by atoms with Crippen molar-refractivity contribution in [1.82, 2.24) is 4.90 Å². The first kappa shape index (κ1) is 27.2. The number of thioether (sulfide) groups is 1. The summed E-state index contributed by atoms with van der Waals surface area (Å²) in [6.45, 7) is 10.7. The fraction of sp³-hybridized carbons (Fsp3) is 0.333. The van der Waals surface area contributed by atoms with Crippen LogP contribution in [0.3, 0.4) is 0 Å². The van der Waals surface area contributed by atoms with E-state index < -0.39 is 0 Å². The van der Waals surface area contributed by atoms with Gasteiger partial charge in [-0.05, 0) is 48.9 Å². The first-order valence-corrected chi connectivity index (χ1v) is 12.5. The minimum absolute atomic E-state index is 0.126. The molecule has 0 saturated carbocycles. The molecule has 1 aliphatic heterocycles. The number of hydrogen-bond donors (Lipinski definition) is 0. The number of carbonyl (C=O) groups is 1. The highest BCUT2D eigenvalue weighted by Crippen LogP contribution is 2.28. The fourth-order valence-electron chi connectivity index (χ4n) is 2.43. The van der Waals surface area contributed by atoms with Gasteiger partial charge in [0.1, 0.15) is 18.1 Å². The van der Waals surface area contributed by atoms with Gasteiger partial charge in [0.05, 0.1) is 22.7 Å². The van der Waals surface area contributed by atoms with Crippen molar-refractivity contribution in [2.24, 2.45) is 0 Å². The molecule has 7 heteroatoms. The van der Waals surface area contributed by atoms with E-state index in [-0.39, 0.29) is 5.91 Å². The van der Waals surface area contributed by atoms with Crippen molar-refractivity contribution in [3.63, 3.8) is 0 Å². The van der Waals surface area contributed by atoms with E-state index in [2.05, 4.69) is 15.9 Å². The van der Waals surface area contributed by atoms with Crippen LogP contribution < -0.4 is 0 Å². The topological polar surface area (TPSA) is 42.7 Å². The summed E-state index contributed by atoms with van der Waals surface area (Å²) in [5.74, 6) is 1.81. The van der Waals surface area contributed by atoms with Gasteiger partial charge >= 0.3 is 0 Å². The summed E-state index contributed by atoms with van der Waals surface area (Å²) in [4.78, 5) is 15.6. The second-order valence-corrected chi connectivity index (χ2v) is 8.17.